The van der Waals surface area contributed by atoms with Gasteiger partial charge < -0.3 is 28.0 Å². The highest BCUT2D eigenvalue weighted by Gasteiger charge is 2.02. The van der Waals surface area contributed by atoms with Gasteiger partial charge in [-0.25, -0.2) is 4.79 Å². The molecular weight excluding hydrogens is 244 g/mol. The molecule has 0 atom stereocenters. The van der Waals surface area contributed by atoms with Crippen LogP contribution in [0.15, 0.2) is 42.5 Å². The Morgan fingerprint density at radius 3 is 1.53 bits per heavy atom. The molecule has 0 aliphatic carbocycles. The molecule has 0 spiro atoms. The molecule has 9 N–H and O–H groups in total. The van der Waals surface area contributed by atoms with Crippen molar-refractivity contribution >= 4 is 28.7 Å². The van der Waals surface area contributed by atoms with Crippen LogP contribution >= 0.6 is 0 Å². The summed E-state index contributed by atoms with van der Waals surface area (Å²) < 4.78 is 0. The standard InChI is InChI=1S/C7H8N2O2.C6H8N2/c8-5-1-4(7(10)11)2-6(9)3-5;7-5-2-1-3-6(8)4-5/h1-3H,8-9H2,(H,10,11);1-4H,7-8H2. The number of hydrogen-bond donors (Lipinski definition) is 5. The Hall–Kier alpha value is -2.89. The van der Waals surface area contributed by atoms with E-state index < -0.39 is 5.97 Å². The Labute approximate surface area is 110 Å². The van der Waals surface area contributed by atoms with Crippen LogP contribution in [0.5, 0.6) is 0 Å². The van der Waals surface area contributed by atoms with Gasteiger partial charge in [-0.2, -0.15) is 0 Å². The molecule has 0 fully saturated rings. The van der Waals surface area contributed by atoms with Crippen LogP contribution in [0, 0.1) is 0 Å². The summed E-state index contributed by atoms with van der Waals surface area (Å²) in [5.74, 6) is -1.02. The van der Waals surface area contributed by atoms with Crippen molar-refractivity contribution in [3.8, 4) is 0 Å². The van der Waals surface area contributed by atoms with E-state index >= 15 is 0 Å². The molecule has 19 heavy (non-hydrogen) atoms. The summed E-state index contributed by atoms with van der Waals surface area (Å²) in [7, 11) is 0. The average Bonchev–Trinajstić information content (AvgIpc) is 2.28. The lowest BCUT2D eigenvalue weighted by molar-refractivity contribution is 0.0697. The van der Waals surface area contributed by atoms with Crippen LogP contribution < -0.4 is 22.9 Å². The zero-order valence-electron chi connectivity index (χ0n) is 10.2. The van der Waals surface area contributed by atoms with Gasteiger partial charge in [0.15, 0.2) is 0 Å². The van der Waals surface area contributed by atoms with Gasteiger partial charge in [0.1, 0.15) is 0 Å². The third-order valence-corrected chi connectivity index (χ3v) is 2.14. The molecule has 0 unspecified atom stereocenters. The van der Waals surface area contributed by atoms with Crippen LogP contribution in [0.2, 0.25) is 0 Å². The lowest BCUT2D eigenvalue weighted by Gasteiger charge is -1.98. The number of carboxylic acids is 1. The van der Waals surface area contributed by atoms with Crippen molar-refractivity contribution in [1.82, 2.24) is 0 Å². The molecule has 0 amide bonds. The number of aromatic carboxylic acids is 1. The van der Waals surface area contributed by atoms with Gasteiger partial charge in [0.25, 0.3) is 0 Å². The van der Waals surface area contributed by atoms with Crippen molar-refractivity contribution < 1.29 is 9.90 Å². The quantitative estimate of drug-likeness (QED) is 0.490. The second-order valence-corrected chi connectivity index (χ2v) is 3.86. The van der Waals surface area contributed by atoms with Gasteiger partial charge in [0.05, 0.1) is 5.56 Å². The summed E-state index contributed by atoms with van der Waals surface area (Å²) in [4.78, 5) is 10.4. The van der Waals surface area contributed by atoms with Gasteiger partial charge >= 0.3 is 5.97 Å². The molecule has 2 aromatic carbocycles. The fraction of sp³-hybridized carbons (Fsp3) is 0. The zero-order valence-corrected chi connectivity index (χ0v) is 10.2. The van der Waals surface area contributed by atoms with E-state index in [1.807, 2.05) is 6.07 Å². The minimum absolute atomic E-state index is 0.113. The second kappa shape index (κ2) is 6.15. The molecule has 6 heteroatoms. The number of carboxylic acid groups (broad SMARTS) is 1. The van der Waals surface area contributed by atoms with E-state index in [1.54, 1.807) is 18.2 Å². The monoisotopic (exact) mass is 260 g/mol. The van der Waals surface area contributed by atoms with E-state index in [0.717, 1.165) is 0 Å². The first-order chi connectivity index (χ1) is 8.88. The Bertz CT molecular complexity index is 547. The highest BCUT2D eigenvalue weighted by molar-refractivity contribution is 5.90. The van der Waals surface area contributed by atoms with E-state index in [0.29, 0.717) is 22.7 Å². The Morgan fingerprint density at radius 2 is 1.21 bits per heavy atom. The summed E-state index contributed by atoms with van der Waals surface area (Å²) >= 11 is 0. The number of anilines is 4. The maximum Gasteiger partial charge on any atom is 0.335 e. The molecule has 0 saturated heterocycles. The molecule has 0 bridgehead atoms. The second-order valence-electron chi connectivity index (χ2n) is 3.86. The molecule has 0 aliphatic rings. The van der Waals surface area contributed by atoms with Crippen molar-refractivity contribution in [2.75, 3.05) is 22.9 Å². The van der Waals surface area contributed by atoms with E-state index in [2.05, 4.69) is 0 Å². The summed E-state index contributed by atoms with van der Waals surface area (Å²) in [6, 6.07) is 11.4. The van der Waals surface area contributed by atoms with Crippen molar-refractivity contribution in [1.29, 1.82) is 0 Å². The number of carbonyl (C=O) groups is 1. The summed E-state index contributed by atoms with van der Waals surface area (Å²) in [6.45, 7) is 0. The van der Waals surface area contributed by atoms with Crippen LogP contribution in [0.4, 0.5) is 22.7 Å². The molecule has 2 rings (SSSR count). The smallest absolute Gasteiger partial charge is 0.335 e. The van der Waals surface area contributed by atoms with Gasteiger partial charge in [-0.1, -0.05) is 6.07 Å². The molecule has 0 radical (unpaired) electrons. The minimum Gasteiger partial charge on any atom is -0.478 e. The normalized spacial score (nSPS) is 9.26. The summed E-state index contributed by atoms with van der Waals surface area (Å²) in [6.07, 6.45) is 0. The van der Waals surface area contributed by atoms with Crippen LogP contribution in [0.1, 0.15) is 10.4 Å². The SMILES string of the molecule is Nc1cc(N)cc(C(=O)O)c1.Nc1cccc(N)c1. The average molecular weight is 260 g/mol. The van der Waals surface area contributed by atoms with Crippen molar-refractivity contribution in [2.24, 2.45) is 0 Å². The maximum atomic E-state index is 10.4. The van der Waals surface area contributed by atoms with Gasteiger partial charge in [0, 0.05) is 22.7 Å². The topological polar surface area (TPSA) is 141 Å². The van der Waals surface area contributed by atoms with E-state index in [4.69, 9.17) is 28.0 Å². The Kier molecular flexibility index (Phi) is 4.59. The van der Waals surface area contributed by atoms with Crippen molar-refractivity contribution in [3.05, 3.63) is 48.0 Å². The fourth-order valence-corrected chi connectivity index (χ4v) is 1.36. The highest BCUT2D eigenvalue weighted by Crippen LogP contribution is 2.13. The van der Waals surface area contributed by atoms with E-state index in [9.17, 15) is 4.79 Å². The molecule has 0 aromatic heterocycles. The van der Waals surface area contributed by atoms with E-state index in [-0.39, 0.29) is 5.56 Å². The molecule has 0 saturated carbocycles. The highest BCUT2D eigenvalue weighted by atomic mass is 16.4. The third-order valence-electron chi connectivity index (χ3n) is 2.14. The first-order valence-corrected chi connectivity index (χ1v) is 5.39. The number of hydrogen-bond acceptors (Lipinski definition) is 5. The van der Waals surface area contributed by atoms with Crippen LogP contribution in [0.3, 0.4) is 0 Å². The van der Waals surface area contributed by atoms with Crippen molar-refractivity contribution in [3.63, 3.8) is 0 Å². The fourth-order valence-electron chi connectivity index (χ4n) is 1.36. The minimum atomic E-state index is -1.02. The lowest BCUT2D eigenvalue weighted by atomic mass is 10.2. The Morgan fingerprint density at radius 1 is 0.789 bits per heavy atom. The molecule has 2 aromatic rings. The van der Waals surface area contributed by atoms with Gasteiger partial charge in [0.2, 0.25) is 0 Å². The van der Waals surface area contributed by atoms with Crippen LogP contribution in [0.25, 0.3) is 0 Å². The lowest BCUT2D eigenvalue weighted by Crippen LogP contribution is -1.99. The van der Waals surface area contributed by atoms with E-state index in [1.165, 1.54) is 18.2 Å². The first kappa shape index (κ1) is 14.2. The number of nitrogens with two attached hydrogens (primary N) is 4. The number of rotatable bonds is 1. The van der Waals surface area contributed by atoms with Gasteiger partial charge in [-0.05, 0) is 36.4 Å². The van der Waals surface area contributed by atoms with Crippen molar-refractivity contribution in [2.45, 2.75) is 0 Å². The number of nitrogen functional groups attached to an aromatic ring is 4. The summed E-state index contributed by atoms with van der Waals surface area (Å²) in [5.41, 5.74) is 23.7. The molecular formula is C13H16N4O2. The predicted octanol–water partition coefficient (Wildman–Crippen LogP) is 1.40. The first-order valence-electron chi connectivity index (χ1n) is 5.39. The summed E-state index contributed by atoms with van der Waals surface area (Å²) in [5, 5.41) is 8.52. The number of benzene rings is 2. The van der Waals surface area contributed by atoms with Crippen LogP contribution in [-0.2, 0) is 0 Å². The molecule has 6 nitrogen and oxygen atoms in total. The maximum absolute atomic E-state index is 10.4. The van der Waals surface area contributed by atoms with Gasteiger partial charge in [-0.3, -0.25) is 0 Å². The molecule has 0 heterocycles. The largest absolute Gasteiger partial charge is 0.478 e. The molecule has 0 aliphatic heterocycles. The zero-order chi connectivity index (χ0) is 14.4. The Balaban J connectivity index is 0.000000200. The van der Waals surface area contributed by atoms with Gasteiger partial charge in [-0.15, -0.1) is 0 Å². The predicted molar refractivity (Wildman–Crippen MR) is 77.5 cm³/mol. The van der Waals surface area contributed by atoms with Crippen LogP contribution in [-0.4, -0.2) is 11.1 Å². The molecule has 100 valence electrons. The third kappa shape index (κ3) is 4.86.